The van der Waals surface area contributed by atoms with Gasteiger partial charge in [0.15, 0.2) is 17.6 Å². The Morgan fingerprint density at radius 2 is 1.49 bits per heavy atom. The van der Waals surface area contributed by atoms with E-state index < -0.39 is 18.1 Å². The number of hydroxylamine groups is 1. The lowest BCUT2D eigenvalue weighted by molar-refractivity contribution is -0.126. The summed E-state index contributed by atoms with van der Waals surface area (Å²) in [4.78, 5) is 34.6. The Morgan fingerprint density at radius 1 is 0.800 bits per heavy atom. The van der Waals surface area contributed by atoms with Gasteiger partial charge in [0.05, 0.1) is 30.6 Å². The quantitative estimate of drug-likeness (QED) is 0.433. The Bertz CT molecular complexity index is 1200. The summed E-state index contributed by atoms with van der Waals surface area (Å²) >= 11 is 0. The first-order chi connectivity index (χ1) is 17.1. The zero-order valence-corrected chi connectivity index (χ0v) is 19.8. The van der Waals surface area contributed by atoms with Crippen molar-refractivity contribution in [1.29, 1.82) is 0 Å². The minimum absolute atomic E-state index is 0.279. The van der Waals surface area contributed by atoms with Crippen molar-refractivity contribution in [2.45, 2.75) is 32.4 Å². The summed E-state index contributed by atoms with van der Waals surface area (Å²) in [5.41, 5.74) is 2.12. The second kappa shape index (κ2) is 9.80. The van der Waals surface area contributed by atoms with Crippen LogP contribution in [-0.2, 0) is 14.4 Å². The van der Waals surface area contributed by atoms with Crippen LogP contribution in [0.4, 0.5) is 11.4 Å². The second-order valence-corrected chi connectivity index (χ2v) is 8.49. The number of ether oxygens (including phenoxy) is 2. The van der Waals surface area contributed by atoms with Crippen LogP contribution in [0.1, 0.15) is 31.9 Å². The molecule has 2 aliphatic rings. The topological polar surface area (TPSA) is 68.3 Å². The van der Waals surface area contributed by atoms with Gasteiger partial charge in [0.1, 0.15) is 5.92 Å². The maximum atomic E-state index is 13.7. The van der Waals surface area contributed by atoms with Gasteiger partial charge in [0.2, 0.25) is 5.91 Å². The molecule has 2 amide bonds. The molecule has 2 aliphatic heterocycles. The number of anilines is 2. The van der Waals surface area contributed by atoms with E-state index in [1.54, 1.807) is 17.2 Å². The van der Waals surface area contributed by atoms with Gasteiger partial charge < -0.3 is 9.47 Å². The van der Waals surface area contributed by atoms with E-state index in [-0.39, 0.29) is 11.8 Å². The molecule has 0 spiro atoms. The predicted octanol–water partition coefficient (Wildman–Crippen LogP) is 4.93. The van der Waals surface area contributed by atoms with Crippen molar-refractivity contribution < 1.29 is 23.9 Å². The van der Waals surface area contributed by atoms with Crippen LogP contribution in [0.15, 0.2) is 78.9 Å². The van der Waals surface area contributed by atoms with Crippen LogP contribution in [0.25, 0.3) is 0 Å². The number of imide groups is 1. The Morgan fingerprint density at radius 3 is 2.14 bits per heavy atom. The van der Waals surface area contributed by atoms with Gasteiger partial charge in [0.25, 0.3) is 5.91 Å². The average Bonchev–Trinajstić information content (AvgIpc) is 3.40. The number of carbonyl (C=O) groups is 2. The van der Waals surface area contributed by atoms with E-state index in [2.05, 4.69) is 0 Å². The molecule has 3 aromatic carbocycles. The summed E-state index contributed by atoms with van der Waals surface area (Å²) in [5.74, 6) is -0.0909. The molecule has 0 N–H and O–H groups in total. The zero-order chi connectivity index (χ0) is 24.4. The summed E-state index contributed by atoms with van der Waals surface area (Å²) in [6, 6.07) is 23.7. The fraction of sp³-hybridized carbons (Fsp3) is 0.286. The van der Waals surface area contributed by atoms with E-state index in [1.807, 2.05) is 80.6 Å². The van der Waals surface area contributed by atoms with Gasteiger partial charge in [-0.2, -0.15) is 0 Å². The Hall–Kier alpha value is -3.84. The molecule has 5 rings (SSSR count). The largest absolute Gasteiger partial charge is 0.490 e. The molecule has 7 heteroatoms. The van der Waals surface area contributed by atoms with Crippen LogP contribution in [0.3, 0.4) is 0 Å². The highest BCUT2D eigenvalue weighted by Crippen LogP contribution is 2.48. The van der Waals surface area contributed by atoms with E-state index in [1.165, 1.54) is 4.90 Å². The van der Waals surface area contributed by atoms with Gasteiger partial charge in [-0.1, -0.05) is 49.4 Å². The van der Waals surface area contributed by atoms with Crippen molar-refractivity contribution in [3.8, 4) is 11.5 Å². The molecule has 2 saturated heterocycles. The molecule has 3 unspecified atom stereocenters. The van der Waals surface area contributed by atoms with Crippen molar-refractivity contribution in [2.75, 3.05) is 23.2 Å². The van der Waals surface area contributed by atoms with E-state index in [9.17, 15) is 9.59 Å². The molecular formula is C28H28N2O5. The van der Waals surface area contributed by atoms with E-state index >= 15 is 0 Å². The highest BCUT2D eigenvalue weighted by Gasteiger charge is 2.60. The molecule has 35 heavy (non-hydrogen) atoms. The number of nitrogens with zero attached hydrogens (tertiary/aromatic N) is 2. The lowest BCUT2D eigenvalue weighted by Gasteiger charge is -2.29. The average molecular weight is 473 g/mol. The molecule has 0 bridgehead atoms. The molecule has 0 saturated carbocycles. The first-order valence-corrected chi connectivity index (χ1v) is 12.0. The van der Waals surface area contributed by atoms with Gasteiger partial charge in [-0.15, -0.1) is 0 Å². The first-order valence-electron chi connectivity index (χ1n) is 12.0. The molecule has 7 nitrogen and oxygen atoms in total. The van der Waals surface area contributed by atoms with Gasteiger partial charge in [0, 0.05) is 0 Å². The van der Waals surface area contributed by atoms with Crippen LogP contribution in [0.2, 0.25) is 0 Å². The van der Waals surface area contributed by atoms with Crippen LogP contribution in [0, 0.1) is 5.92 Å². The smallest absolute Gasteiger partial charge is 0.266 e. The standard InChI is InChI=1S/C28H28N2O5/c1-3-17-34-22-16-15-19(18-23(22)33-4-2)25-24-26(35-30(25)21-13-9-6-10-14-21)28(32)29(27(24)31)20-11-7-5-8-12-20/h5-16,18,24-26H,3-4,17H2,1-2H3. The SMILES string of the molecule is CCCOc1ccc(C2C3C(=O)N(c4ccccc4)C(=O)C3ON2c2ccccc2)cc1OCC. The Balaban J connectivity index is 1.57. The number of hydrogen-bond acceptors (Lipinski definition) is 6. The van der Waals surface area contributed by atoms with Crippen molar-refractivity contribution >= 4 is 23.2 Å². The summed E-state index contributed by atoms with van der Waals surface area (Å²) in [6.07, 6.45) is -0.0409. The Labute approximate surface area is 204 Å². The number of carbonyl (C=O) groups excluding carboxylic acids is 2. The van der Waals surface area contributed by atoms with Crippen molar-refractivity contribution in [3.63, 3.8) is 0 Å². The predicted molar refractivity (Wildman–Crippen MR) is 132 cm³/mol. The van der Waals surface area contributed by atoms with Gasteiger partial charge in [-0.25, -0.2) is 9.96 Å². The number of para-hydroxylation sites is 2. The molecule has 3 atom stereocenters. The summed E-state index contributed by atoms with van der Waals surface area (Å²) in [6.45, 7) is 5.01. The zero-order valence-electron chi connectivity index (χ0n) is 19.8. The fourth-order valence-electron chi connectivity index (χ4n) is 4.69. The van der Waals surface area contributed by atoms with E-state index in [0.29, 0.717) is 30.4 Å². The monoisotopic (exact) mass is 472 g/mol. The van der Waals surface area contributed by atoms with Gasteiger partial charge in [-0.05, 0) is 55.3 Å². The van der Waals surface area contributed by atoms with Crippen LogP contribution < -0.4 is 19.4 Å². The minimum atomic E-state index is -0.917. The lowest BCUT2D eigenvalue weighted by Crippen LogP contribution is -2.37. The third-order valence-corrected chi connectivity index (χ3v) is 6.21. The third-order valence-electron chi connectivity index (χ3n) is 6.21. The number of amides is 2. The molecular weight excluding hydrogens is 444 g/mol. The van der Waals surface area contributed by atoms with Crippen molar-refractivity contribution in [2.24, 2.45) is 5.92 Å². The summed E-state index contributed by atoms with van der Waals surface area (Å²) in [5, 5.41) is 1.69. The molecule has 2 heterocycles. The van der Waals surface area contributed by atoms with Crippen molar-refractivity contribution in [3.05, 3.63) is 84.4 Å². The highest BCUT2D eigenvalue weighted by atomic mass is 16.7. The lowest BCUT2D eigenvalue weighted by atomic mass is 9.90. The number of rotatable bonds is 8. The van der Waals surface area contributed by atoms with Crippen LogP contribution in [0.5, 0.6) is 11.5 Å². The molecule has 0 radical (unpaired) electrons. The number of benzene rings is 3. The minimum Gasteiger partial charge on any atom is -0.490 e. The fourth-order valence-corrected chi connectivity index (χ4v) is 4.69. The van der Waals surface area contributed by atoms with E-state index in [0.717, 1.165) is 17.7 Å². The molecule has 0 aliphatic carbocycles. The number of fused-ring (bicyclic) bond motifs is 1. The Kier molecular flexibility index (Phi) is 6.42. The molecule has 2 fully saturated rings. The van der Waals surface area contributed by atoms with Crippen LogP contribution >= 0.6 is 0 Å². The summed E-state index contributed by atoms with van der Waals surface area (Å²) < 4.78 is 11.7. The van der Waals surface area contributed by atoms with Gasteiger partial charge in [-0.3, -0.25) is 14.4 Å². The van der Waals surface area contributed by atoms with Gasteiger partial charge >= 0.3 is 0 Å². The van der Waals surface area contributed by atoms with Crippen molar-refractivity contribution in [1.82, 2.24) is 0 Å². The second-order valence-electron chi connectivity index (χ2n) is 8.49. The molecule has 3 aromatic rings. The van der Waals surface area contributed by atoms with E-state index in [4.69, 9.17) is 14.3 Å². The first kappa shape index (κ1) is 22.9. The number of hydrogen-bond donors (Lipinski definition) is 0. The maximum Gasteiger partial charge on any atom is 0.266 e. The highest BCUT2D eigenvalue weighted by molar-refractivity contribution is 6.23. The maximum absolute atomic E-state index is 13.7. The molecule has 0 aromatic heterocycles. The normalized spacial score (nSPS) is 21.4. The summed E-state index contributed by atoms with van der Waals surface area (Å²) in [7, 11) is 0. The third kappa shape index (κ3) is 4.12. The van der Waals surface area contributed by atoms with Crippen LogP contribution in [-0.4, -0.2) is 31.1 Å². The molecule has 180 valence electrons.